The number of benzene rings is 2. The van der Waals surface area contributed by atoms with E-state index in [1.807, 2.05) is 48.3 Å². The van der Waals surface area contributed by atoms with E-state index in [-0.39, 0.29) is 5.91 Å². The predicted octanol–water partition coefficient (Wildman–Crippen LogP) is 3.69. The topological polar surface area (TPSA) is 32.3 Å². The van der Waals surface area contributed by atoms with Crippen LogP contribution in [0, 0.1) is 0 Å². The minimum absolute atomic E-state index is 0.0519. The Morgan fingerprint density at radius 1 is 1.25 bits per heavy atom. The smallest absolute Gasteiger partial charge is 0.260 e. The van der Waals surface area contributed by atoms with E-state index >= 15 is 0 Å². The van der Waals surface area contributed by atoms with Crippen LogP contribution in [-0.4, -0.2) is 19.5 Å². The van der Waals surface area contributed by atoms with Crippen molar-refractivity contribution >= 4 is 33.2 Å². The van der Waals surface area contributed by atoms with Crippen LogP contribution in [0.2, 0.25) is 0 Å². The van der Waals surface area contributed by atoms with Crippen molar-refractivity contribution in [1.82, 2.24) is 0 Å². The number of hydrogen-bond acceptors (Lipinski definition) is 2. The summed E-state index contributed by atoms with van der Waals surface area (Å²) in [5.74, 6) is 0.0519. The number of para-hydroxylation sites is 1. The van der Waals surface area contributed by atoms with Crippen LogP contribution in [0.15, 0.2) is 46.9 Å². The van der Waals surface area contributed by atoms with E-state index < -0.39 is 0 Å². The second kappa shape index (κ2) is 5.29. The van der Waals surface area contributed by atoms with Gasteiger partial charge in [0.25, 0.3) is 5.91 Å². The molecule has 20 heavy (non-hydrogen) atoms. The van der Waals surface area contributed by atoms with Gasteiger partial charge in [0.2, 0.25) is 0 Å². The Bertz CT molecular complexity index is 669. The van der Waals surface area contributed by atoms with E-state index in [0.717, 1.165) is 28.8 Å². The number of carbonyl (C=O) groups is 1. The maximum Gasteiger partial charge on any atom is 0.260 e. The Balaban J connectivity index is 1.98. The van der Waals surface area contributed by atoms with E-state index in [1.54, 1.807) is 0 Å². The first-order valence-electron chi connectivity index (χ1n) is 6.58. The van der Waals surface area contributed by atoms with E-state index in [9.17, 15) is 4.79 Å². The second-order valence-electron chi connectivity index (χ2n) is 4.78. The van der Waals surface area contributed by atoms with Gasteiger partial charge in [-0.1, -0.05) is 28.1 Å². The average Bonchev–Trinajstić information content (AvgIpc) is 2.89. The van der Waals surface area contributed by atoms with Crippen LogP contribution < -0.4 is 10.2 Å². The average molecular weight is 331 g/mol. The van der Waals surface area contributed by atoms with Crippen molar-refractivity contribution in [2.45, 2.75) is 6.42 Å². The molecular weight excluding hydrogens is 316 g/mol. The van der Waals surface area contributed by atoms with Gasteiger partial charge in [-0.15, -0.1) is 0 Å². The van der Waals surface area contributed by atoms with Crippen LogP contribution in [0.3, 0.4) is 0 Å². The van der Waals surface area contributed by atoms with E-state index in [0.29, 0.717) is 5.56 Å². The fourth-order valence-electron chi connectivity index (χ4n) is 2.61. The van der Waals surface area contributed by atoms with E-state index in [4.69, 9.17) is 0 Å². The van der Waals surface area contributed by atoms with Crippen LogP contribution in [0.25, 0.3) is 0 Å². The summed E-state index contributed by atoms with van der Waals surface area (Å²) < 4.78 is 1.06. The lowest BCUT2D eigenvalue weighted by Crippen LogP contribution is -2.29. The molecule has 3 rings (SSSR count). The standard InChI is InChI=1S/C16H15BrN2O/c1-18-14-5-3-2-4-13(14)16(20)19-9-8-11-10-12(17)6-7-15(11)19/h2-7,10,18H,8-9H2,1H3. The molecule has 1 aliphatic rings. The Morgan fingerprint density at radius 2 is 2.05 bits per heavy atom. The van der Waals surface area contributed by atoms with Crippen molar-refractivity contribution in [2.75, 3.05) is 23.8 Å². The largest absolute Gasteiger partial charge is 0.387 e. The van der Waals surface area contributed by atoms with Crippen LogP contribution >= 0.6 is 15.9 Å². The lowest BCUT2D eigenvalue weighted by molar-refractivity contribution is 0.0990. The zero-order valence-corrected chi connectivity index (χ0v) is 12.8. The molecule has 0 aromatic heterocycles. The molecule has 3 nitrogen and oxygen atoms in total. The number of anilines is 2. The summed E-state index contributed by atoms with van der Waals surface area (Å²) in [6.45, 7) is 0.739. The van der Waals surface area contributed by atoms with Crippen molar-refractivity contribution < 1.29 is 4.79 Å². The van der Waals surface area contributed by atoms with Crippen molar-refractivity contribution in [1.29, 1.82) is 0 Å². The summed E-state index contributed by atoms with van der Waals surface area (Å²) in [7, 11) is 1.83. The Kier molecular flexibility index (Phi) is 3.49. The number of nitrogens with one attached hydrogen (secondary N) is 1. The van der Waals surface area contributed by atoms with Crippen molar-refractivity contribution in [3.8, 4) is 0 Å². The number of amides is 1. The van der Waals surface area contributed by atoms with Gasteiger partial charge in [-0.2, -0.15) is 0 Å². The molecule has 2 aromatic carbocycles. The molecule has 2 aromatic rings. The minimum atomic E-state index is 0.0519. The molecule has 4 heteroatoms. The van der Waals surface area contributed by atoms with Gasteiger partial charge in [-0.25, -0.2) is 0 Å². The lowest BCUT2D eigenvalue weighted by atomic mass is 10.1. The molecule has 0 saturated carbocycles. The van der Waals surface area contributed by atoms with E-state index in [2.05, 4.69) is 27.3 Å². The summed E-state index contributed by atoms with van der Waals surface area (Å²) >= 11 is 3.48. The maximum atomic E-state index is 12.7. The Hall–Kier alpha value is -1.81. The Morgan fingerprint density at radius 3 is 2.85 bits per heavy atom. The molecule has 1 amide bonds. The van der Waals surface area contributed by atoms with Crippen LogP contribution in [0.5, 0.6) is 0 Å². The van der Waals surface area contributed by atoms with Gasteiger partial charge < -0.3 is 10.2 Å². The number of carbonyl (C=O) groups excluding carboxylic acids is 1. The maximum absolute atomic E-state index is 12.7. The second-order valence-corrected chi connectivity index (χ2v) is 5.69. The number of hydrogen-bond donors (Lipinski definition) is 1. The quantitative estimate of drug-likeness (QED) is 0.910. The summed E-state index contributed by atoms with van der Waals surface area (Å²) in [6.07, 6.45) is 0.905. The van der Waals surface area contributed by atoms with E-state index in [1.165, 1.54) is 5.56 Å². The van der Waals surface area contributed by atoms with Crippen molar-refractivity contribution in [3.63, 3.8) is 0 Å². The van der Waals surface area contributed by atoms with Gasteiger partial charge in [0.15, 0.2) is 0 Å². The SMILES string of the molecule is CNc1ccccc1C(=O)N1CCc2cc(Br)ccc21. The third-order valence-electron chi connectivity index (χ3n) is 3.61. The molecule has 0 fully saturated rings. The molecular formula is C16H15BrN2O. The first kappa shape index (κ1) is 13.2. The first-order chi connectivity index (χ1) is 9.70. The van der Waals surface area contributed by atoms with Crippen LogP contribution in [0.1, 0.15) is 15.9 Å². The van der Waals surface area contributed by atoms with Crippen LogP contribution in [-0.2, 0) is 6.42 Å². The minimum Gasteiger partial charge on any atom is -0.387 e. The highest BCUT2D eigenvalue weighted by Gasteiger charge is 2.26. The van der Waals surface area contributed by atoms with Gasteiger partial charge in [0.1, 0.15) is 0 Å². The molecule has 102 valence electrons. The highest BCUT2D eigenvalue weighted by Crippen LogP contribution is 2.32. The monoisotopic (exact) mass is 330 g/mol. The normalized spacial score (nSPS) is 13.2. The predicted molar refractivity (Wildman–Crippen MR) is 85.5 cm³/mol. The first-order valence-corrected chi connectivity index (χ1v) is 7.37. The van der Waals surface area contributed by atoms with Crippen molar-refractivity contribution in [2.24, 2.45) is 0 Å². The molecule has 1 heterocycles. The fourth-order valence-corrected chi connectivity index (χ4v) is 3.02. The molecule has 0 unspecified atom stereocenters. The Labute approximate surface area is 126 Å². The highest BCUT2D eigenvalue weighted by atomic mass is 79.9. The van der Waals surface area contributed by atoms with Gasteiger partial charge in [-0.3, -0.25) is 4.79 Å². The van der Waals surface area contributed by atoms with Crippen molar-refractivity contribution in [3.05, 3.63) is 58.1 Å². The van der Waals surface area contributed by atoms with Crippen LogP contribution in [0.4, 0.5) is 11.4 Å². The summed E-state index contributed by atoms with van der Waals surface area (Å²) in [5, 5.41) is 3.08. The third kappa shape index (κ3) is 2.20. The molecule has 0 aliphatic carbocycles. The summed E-state index contributed by atoms with van der Waals surface area (Å²) in [6, 6.07) is 13.7. The molecule has 0 bridgehead atoms. The summed E-state index contributed by atoms with van der Waals surface area (Å²) in [5.41, 5.74) is 3.81. The third-order valence-corrected chi connectivity index (χ3v) is 4.10. The van der Waals surface area contributed by atoms with Gasteiger partial charge in [0, 0.05) is 29.4 Å². The molecule has 1 aliphatic heterocycles. The zero-order chi connectivity index (χ0) is 14.1. The number of halogens is 1. The molecule has 0 spiro atoms. The number of rotatable bonds is 2. The summed E-state index contributed by atoms with van der Waals surface area (Å²) in [4.78, 5) is 14.6. The van der Waals surface area contributed by atoms with Gasteiger partial charge in [-0.05, 0) is 42.3 Å². The highest BCUT2D eigenvalue weighted by molar-refractivity contribution is 9.10. The molecule has 0 saturated heterocycles. The number of fused-ring (bicyclic) bond motifs is 1. The zero-order valence-electron chi connectivity index (χ0n) is 11.2. The molecule has 1 N–H and O–H groups in total. The molecule has 0 radical (unpaired) electrons. The lowest BCUT2D eigenvalue weighted by Gasteiger charge is -2.19. The fraction of sp³-hybridized carbons (Fsp3) is 0.188. The number of nitrogens with zero attached hydrogens (tertiary/aromatic N) is 1. The van der Waals surface area contributed by atoms with Gasteiger partial charge in [0.05, 0.1) is 5.56 Å². The molecule has 0 atom stereocenters. The van der Waals surface area contributed by atoms with Gasteiger partial charge >= 0.3 is 0 Å².